The van der Waals surface area contributed by atoms with E-state index in [0.29, 0.717) is 11.3 Å². The van der Waals surface area contributed by atoms with E-state index in [-0.39, 0.29) is 17.9 Å². The number of halogens is 3. The lowest BCUT2D eigenvalue weighted by molar-refractivity contribution is -0.137. The van der Waals surface area contributed by atoms with Crippen molar-refractivity contribution in [2.45, 2.75) is 12.7 Å². The summed E-state index contributed by atoms with van der Waals surface area (Å²) >= 11 is 0. The topological polar surface area (TPSA) is 74.7 Å². The van der Waals surface area contributed by atoms with Crippen molar-refractivity contribution in [2.24, 2.45) is 0 Å². The van der Waals surface area contributed by atoms with E-state index >= 15 is 0 Å². The second kappa shape index (κ2) is 5.71. The standard InChI is InChI=1S/C14H11F3N4/c15-14(16,17)11-3-1-2-9(4-11)7-20-13-10(6-18)5-12(19)8-21-13/h1-5,8H,7,19H2,(H,20,21). The SMILES string of the molecule is N#Cc1cc(N)cnc1NCc1cccc(C(F)(F)F)c1. The molecule has 1 aromatic heterocycles. The monoisotopic (exact) mass is 292 g/mol. The van der Waals surface area contributed by atoms with Gasteiger partial charge in [0.2, 0.25) is 0 Å². The molecule has 0 amide bonds. The van der Waals surface area contributed by atoms with Crippen molar-refractivity contribution in [1.82, 2.24) is 4.98 Å². The number of anilines is 2. The number of benzene rings is 1. The highest BCUT2D eigenvalue weighted by Gasteiger charge is 2.30. The van der Waals surface area contributed by atoms with Crippen LogP contribution in [-0.2, 0) is 12.7 Å². The number of nitrogens with two attached hydrogens (primary N) is 1. The molecule has 108 valence electrons. The van der Waals surface area contributed by atoms with E-state index in [4.69, 9.17) is 11.0 Å². The molecule has 21 heavy (non-hydrogen) atoms. The Morgan fingerprint density at radius 1 is 1.29 bits per heavy atom. The van der Waals surface area contributed by atoms with E-state index in [1.807, 2.05) is 6.07 Å². The second-order valence-electron chi connectivity index (χ2n) is 4.33. The number of nitrogens with zero attached hydrogens (tertiary/aromatic N) is 2. The minimum Gasteiger partial charge on any atom is -0.397 e. The molecular formula is C14H11F3N4. The molecule has 7 heteroatoms. The third kappa shape index (κ3) is 3.63. The molecule has 3 N–H and O–H groups in total. The zero-order chi connectivity index (χ0) is 15.5. The molecule has 0 aliphatic rings. The van der Waals surface area contributed by atoms with Crippen molar-refractivity contribution in [1.29, 1.82) is 5.26 Å². The van der Waals surface area contributed by atoms with Gasteiger partial charge in [0.05, 0.1) is 23.0 Å². The van der Waals surface area contributed by atoms with Crippen LogP contribution in [-0.4, -0.2) is 4.98 Å². The van der Waals surface area contributed by atoms with Gasteiger partial charge in [0.1, 0.15) is 11.9 Å². The molecule has 0 fully saturated rings. The van der Waals surface area contributed by atoms with Crippen LogP contribution in [0.25, 0.3) is 0 Å². The Labute approximate surface area is 119 Å². The number of nitrogens with one attached hydrogen (secondary N) is 1. The molecule has 1 heterocycles. The third-order valence-electron chi connectivity index (χ3n) is 2.74. The van der Waals surface area contributed by atoms with Crippen molar-refractivity contribution in [2.75, 3.05) is 11.1 Å². The molecule has 0 atom stereocenters. The van der Waals surface area contributed by atoms with E-state index in [1.165, 1.54) is 18.3 Å². The van der Waals surface area contributed by atoms with Crippen LogP contribution in [0.2, 0.25) is 0 Å². The summed E-state index contributed by atoms with van der Waals surface area (Å²) in [6, 6.07) is 8.32. The molecule has 0 aliphatic heterocycles. The zero-order valence-electron chi connectivity index (χ0n) is 10.8. The first-order valence-corrected chi connectivity index (χ1v) is 5.96. The summed E-state index contributed by atoms with van der Waals surface area (Å²) in [6.07, 6.45) is -3.01. The van der Waals surface area contributed by atoms with Crippen molar-refractivity contribution in [3.63, 3.8) is 0 Å². The first-order chi connectivity index (χ1) is 9.90. The first kappa shape index (κ1) is 14.7. The van der Waals surface area contributed by atoms with Gasteiger partial charge in [-0.1, -0.05) is 12.1 Å². The van der Waals surface area contributed by atoms with Gasteiger partial charge in [-0.15, -0.1) is 0 Å². The van der Waals surface area contributed by atoms with Crippen LogP contribution in [0.4, 0.5) is 24.7 Å². The first-order valence-electron chi connectivity index (χ1n) is 5.96. The molecule has 0 unspecified atom stereocenters. The van der Waals surface area contributed by atoms with Gasteiger partial charge >= 0.3 is 6.18 Å². The third-order valence-corrected chi connectivity index (χ3v) is 2.74. The van der Waals surface area contributed by atoms with Gasteiger partial charge in [0.15, 0.2) is 0 Å². The average molecular weight is 292 g/mol. The quantitative estimate of drug-likeness (QED) is 0.911. The summed E-state index contributed by atoms with van der Waals surface area (Å²) in [7, 11) is 0. The van der Waals surface area contributed by atoms with Crippen LogP contribution in [0.1, 0.15) is 16.7 Å². The Bertz CT molecular complexity index is 689. The van der Waals surface area contributed by atoms with Crippen LogP contribution in [0.5, 0.6) is 0 Å². The second-order valence-corrected chi connectivity index (χ2v) is 4.33. The van der Waals surface area contributed by atoms with Gasteiger partial charge < -0.3 is 11.1 Å². The summed E-state index contributed by atoms with van der Waals surface area (Å²) in [5, 5.41) is 11.8. The lowest BCUT2D eigenvalue weighted by atomic mass is 10.1. The largest absolute Gasteiger partial charge is 0.416 e. The molecule has 0 saturated carbocycles. The van der Waals surface area contributed by atoms with Gasteiger partial charge in [0.25, 0.3) is 0 Å². The number of rotatable bonds is 3. The fourth-order valence-electron chi connectivity index (χ4n) is 1.75. The summed E-state index contributed by atoms with van der Waals surface area (Å²) in [5.41, 5.74) is 5.82. The van der Waals surface area contributed by atoms with Crippen LogP contribution >= 0.6 is 0 Å². The van der Waals surface area contributed by atoms with Crippen molar-refractivity contribution in [3.8, 4) is 6.07 Å². The van der Waals surface area contributed by atoms with Crippen molar-refractivity contribution < 1.29 is 13.2 Å². The Kier molecular flexibility index (Phi) is 3.98. The molecule has 0 spiro atoms. The van der Waals surface area contributed by atoms with Gasteiger partial charge in [0, 0.05) is 6.54 Å². The van der Waals surface area contributed by atoms with E-state index in [9.17, 15) is 13.2 Å². The fourth-order valence-corrected chi connectivity index (χ4v) is 1.75. The number of aromatic nitrogens is 1. The molecule has 0 radical (unpaired) electrons. The maximum absolute atomic E-state index is 12.6. The fraction of sp³-hybridized carbons (Fsp3) is 0.143. The zero-order valence-corrected chi connectivity index (χ0v) is 10.8. The van der Waals surface area contributed by atoms with E-state index in [0.717, 1.165) is 12.1 Å². The van der Waals surface area contributed by atoms with E-state index in [1.54, 1.807) is 6.07 Å². The van der Waals surface area contributed by atoms with Gasteiger partial charge in [-0.3, -0.25) is 0 Å². The Hall–Kier alpha value is -2.75. The Morgan fingerprint density at radius 3 is 2.71 bits per heavy atom. The summed E-state index contributed by atoms with van der Waals surface area (Å²) < 4.78 is 37.8. The van der Waals surface area contributed by atoms with Crippen LogP contribution in [0.15, 0.2) is 36.5 Å². The van der Waals surface area contributed by atoms with E-state index < -0.39 is 11.7 Å². The molecular weight excluding hydrogens is 281 g/mol. The van der Waals surface area contributed by atoms with Gasteiger partial charge in [-0.05, 0) is 23.8 Å². The van der Waals surface area contributed by atoms with E-state index in [2.05, 4.69) is 10.3 Å². The Balaban J connectivity index is 2.16. The number of pyridine rings is 1. The molecule has 4 nitrogen and oxygen atoms in total. The summed E-state index contributed by atoms with van der Waals surface area (Å²) in [4.78, 5) is 3.95. The molecule has 2 aromatic rings. The lowest BCUT2D eigenvalue weighted by Crippen LogP contribution is -2.08. The van der Waals surface area contributed by atoms with Gasteiger partial charge in [-0.2, -0.15) is 18.4 Å². The molecule has 2 rings (SSSR count). The maximum atomic E-state index is 12.6. The van der Waals surface area contributed by atoms with Crippen LogP contribution in [0.3, 0.4) is 0 Å². The maximum Gasteiger partial charge on any atom is 0.416 e. The number of alkyl halides is 3. The predicted molar refractivity (Wildman–Crippen MR) is 72.1 cm³/mol. The van der Waals surface area contributed by atoms with Gasteiger partial charge in [-0.25, -0.2) is 4.98 Å². The molecule has 0 bridgehead atoms. The molecule has 0 saturated heterocycles. The van der Waals surface area contributed by atoms with Crippen LogP contribution < -0.4 is 11.1 Å². The summed E-state index contributed by atoms with van der Waals surface area (Å²) in [5.74, 6) is 0.282. The lowest BCUT2D eigenvalue weighted by Gasteiger charge is -2.10. The number of nitrogen functional groups attached to an aromatic ring is 1. The molecule has 1 aromatic carbocycles. The highest BCUT2D eigenvalue weighted by molar-refractivity contribution is 5.57. The number of nitriles is 1. The van der Waals surface area contributed by atoms with Crippen LogP contribution in [0, 0.1) is 11.3 Å². The van der Waals surface area contributed by atoms with Crippen molar-refractivity contribution >= 4 is 11.5 Å². The smallest absolute Gasteiger partial charge is 0.397 e. The highest BCUT2D eigenvalue weighted by Crippen LogP contribution is 2.29. The number of hydrogen-bond acceptors (Lipinski definition) is 4. The highest BCUT2D eigenvalue weighted by atomic mass is 19.4. The number of hydrogen-bond donors (Lipinski definition) is 2. The Morgan fingerprint density at radius 2 is 2.05 bits per heavy atom. The van der Waals surface area contributed by atoms with Crippen molar-refractivity contribution in [3.05, 3.63) is 53.2 Å². The predicted octanol–water partition coefficient (Wildman–Crippen LogP) is 3.17. The normalized spacial score (nSPS) is 11.0. The summed E-state index contributed by atoms with van der Waals surface area (Å²) in [6.45, 7) is 0.121. The minimum atomic E-state index is -4.38. The molecule has 0 aliphatic carbocycles. The average Bonchev–Trinajstić information content (AvgIpc) is 2.45. The minimum absolute atomic E-state index is 0.121.